The van der Waals surface area contributed by atoms with E-state index in [0.29, 0.717) is 5.92 Å². The van der Waals surface area contributed by atoms with Crippen molar-refractivity contribution in [1.29, 1.82) is 0 Å². The molecule has 0 spiro atoms. The predicted octanol–water partition coefficient (Wildman–Crippen LogP) is 2.25. The third kappa shape index (κ3) is 1.49. The second-order valence-corrected chi connectivity index (χ2v) is 5.32. The second kappa shape index (κ2) is 3.71. The molecule has 2 unspecified atom stereocenters. The normalized spacial score (nSPS) is 24.4. The predicted molar refractivity (Wildman–Crippen MR) is 63.5 cm³/mol. The molecule has 1 N–H and O–H groups in total. The van der Waals surface area contributed by atoms with Crippen molar-refractivity contribution >= 4 is 11.3 Å². The highest BCUT2D eigenvalue weighted by Gasteiger charge is 2.29. The number of aliphatic hydroxyl groups excluding tert-OH is 1. The summed E-state index contributed by atoms with van der Waals surface area (Å²) in [7, 11) is 1.95. The molecule has 16 heavy (non-hydrogen) atoms. The molecule has 4 heteroatoms. The first-order valence-electron chi connectivity index (χ1n) is 5.48. The molecule has 0 aromatic carbocycles. The molecule has 0 saturated heterocycles. The standard InChI is InChI=1S/C12H14N2OS/c1-14-10-5-8(12-3-2-4-16-12)6-11(15)9(10)7-13-14/h2-4,7-8,11,15H,5-6H2,1H3. The van der Waals surface area contributed by atoms with Gasteiger partial charge >= 0.3 is 0 Å². The monoisotopic (exact) mass is 234 g/mol. The van der Waals surface area contributed by atoms with Gasteiger partial charge in [0.15, 0.2) is 0 Å². The maximum absolute atomic E-state index is 10.1. The van der Waals surface area contributed by atoms with E-state index in [2.05, 4.69) is 22.6 Å². The summed E-state index contributed by atoms with van der Waals surface area (Å²) in [4.78, 5) is 1.37. The van der Waals surface area contributed by atoms with Crippen LogP contribution in [0, 0.1) is 0 Å². The summed E-state index contributed by atoms with van der Waals surface area (Å²) >= 11 is 1.77. The van der Waals surface area contributed by atoms with E-state index in [0.717, 1.165) is 18.4 Å². The number of aromatic nitrogens is 2. The molecular formula is C12H14N2OS. The summed E-state index contributed by atoms with van der Waals surface area (Å²) in [6.07, 6.45) is 3.25. The Kier molecular flexibility index (Phi) is 2.33. The Labute approximate surface area is 98.3 Å². The second-order valence-electron chi connectivity index (χ2n) is 4.34. The van der Waals surface area contributed by atoms with Crippen LogP contribution in [0.2, 0.25) is 0 Å². The van der Waals surface area contributed by atoms with Crippen LogP contribution in [0.4, 0.5) is 0 Å². The van der Waals surface area contributed by atoms with Crippen molar-refractivity contribution in [2.45, 2.75) is 24.9 Å². The molecule has 0 amide bonds. The molecule has 3 rings (SSSR count). The van der Waals surface area contributed by atoms with Crippen LogP contribution in [-0.4, -0.2) is 14.9 Å². The average molecular weight is 234 g/mol. The third-order valence-electron chi connectivity index (χ3n) is 3.35. The first-order chi connectivity index (χ1) is 7.75. The van der Waals surface area contributed by atoms with Gasteiger partial charge in [0.25, 0.3) is 0 Å². The summed E-state index contributed by atoms with van der Waals surface area (Å²) in [5.74, 6) is 0.442. The number of hydrogen-bond acceptors (Lipinski definition) is 3. The summed E-state index contributed by atoms with van der Waals surface area (Å²) in [5.41, 5.74) is 2.19. The Balaban J connectivity index is 1.97. The van der Waals surface area contributed by atoms with Gasteiger partial charge in [-0.15, -0.1) is 11.3 Å². The van der Waals surface area contributed by atoms with Crippen molar-refractivity contribution in [3.05, 3.63) is 39.8 Å². The lowest BCUT2D eigenvalue weighted by atomic mass is 9.85. The minimum Gasteiger partial charge on any atom is -0.388 e. The summed E-state index contributed by atoms with van der Waals surface area (Å²) in [5, 5.41) is 16.4. The van der Waals surface area contributed by atoms with E-state index >= 15 is 0 Å². The van der Waals surface area contributed by atoms with E-state index in [9.17, 15) is 5.11 Å². The number of fused-ring (bicyclic) bond motifs is 1. The van der Waals surface area contributed by atoms with E-state index in [1.165, 1.54) is 10.6 Å². The van der Waals surface area contributed by atoms with Gasteiger partial charge in [0.05, 0.1) is 12.3 Å². The molecule has 0 fully saturated rings. The van der Waals surface area contributed by atoms with Gasteiger partial charge in [0.1, 0.15) is 0 Å². The maximum Gasteiger partial charge on any atom is 0.0829 e. The Morgan fingerprint density at radius 3 is 3.19 bits per heavy atom. The van der Waals surface area contributed by atoms with E-state index in [1.807, 2.05) is 11.7 Å². The van der Waals surface area contributed by atoms with Crippen LogP contribution in [-0.2, 0) is 13.5 Å². The van der Waals surface area contributed by atoms with Gasteiger partial charge in [-0.1, -0.05) is 6.07 Å². The molecule has 1 aliphatic rings. The van der Waals surface area contributed by atoms with E-state index in [1.54, 1.807) is 17.5 Å². The fourth-order valence-electron chi connectivity index (χ4n) is 2.46. The number of hydrogen-bond donors (Lipinski definition) is 1. The molecule has 3 nitrogen and oxygen atoms in total. The van der Waals surface area contributed by atoms with Crippen molar-refractivity contribution in [3.63, 3.8) is 0 Å². The zero-order valence-corrected chi connectivity index (χ0v) is 9.94. The van der Waals surface area contributed by atoms with E-state index in [-0.39, 0.29) is 6.10 Å². The molecule has 2 atom stereocenters. The van der Waals surface area contributed by atoms with Crippen LogP contribution >= 0.6 is 11.3 Å². The highest BCUT2D eigenvalue weighted by Crippen LogP contribution is 2.39. The molecular weight excluding hydrogens is 220 g/mol. The van der Waals surface area contributed by atoms with Crippen LogP contribution in [0.15, 0.2) is 23.7 Å². The molecule has 0 saturated carbocycles. The van der Waals surface area contributed by atoms with Crippen LogP contribution in [0.3, 0.4) is 0 Å². The van der Waals surface area contributed by atoms with Gasteiger partial charge < -0.3 is 5.11 Å². The average Bonchev–Trinajstić information content (AvgIpc) is 2.88. The zero-order chi connectivity index (χ0) is 11.1. The largest absolute Gasteiger partial charge is 0.388 e. The number of aryl methyl sites for hydroxylation is 1. The lowest BCUT2D eigenvalue weighted by molar-refractivity contribution is 0.147. The van der Waals surface area contributed by atoms with Gasteiger partial charge in [0, 0.05) is 29.1 Å². The van der Waals surface area contributed by atoms with Gasteiger partial charge in [-0.25, -0.2) is 0 Å². The molecule has 2 aromatic heterocycles. The molecule has 0 radical (unpaired) electrons. The highest BCUT2D eigenvalue weighted by molar-refractivity contribution is 7.10. The van der Waals surface area contributed by atoms with Gasteiger partial charge in [-0.2, -0.15) is 5.10 Å². The van der Waals surface area contributed by atoms with Crippen LogP contribution in [0.5, 0.6) is 0 Å². The Morgan fingerprint density at radius 1 is 1.56 bits per heavy atom. The van der Waals surface area contributed by atoms with Gasteiger partial charge in [0.2, 0.25) is 0 Å². The minimum absolute atomic E-state index is 0.357. The van der Waals surface area contributed by atoms with Crippen molar-refractivity contribution in [2.75, 3.05) is 0 Å². The van der Waals surface area contributed by atoms with Crippen LogP contribution < -0.4 is 0 Å². The SMILES string of the molecule is Cn1ncc2c1CC(c1cccs1)CC2O. The summed E-state index contributed by atoms with van der Waals surface area (Å²) < 4.78 is 1.89. The molecule has 2 aromatic rings. The summed E-state index contributed by atoms with van der Waals surface area (Å²) in [6.45, 7) is 0. The van der Waals surface area contributed by atoms with Gasteiger partial charge in [-0.05, 0) is 24.3 Å². The van der Waals surface area contributed by atoms with E-state index in [4.69, 9.17) is 0 Å². The van der Waals surface area contributed by atoms with Crippen LogP contribution in [0.25, 0.3) is 0 Å². The molecule has 84 valence electrons. The summed E-state index contributed by atoms with van der Waals surface area (Å²) in [6, 6.07) is 4.23. The number of nitrogens with zero attached hydrogens (tertiary/aromatic N) is 2. The van der Waals surface area contributed by atoms with Crippen molar-refractivity contribution in [2.24, 2.45) is 7.05 Å². The molecule has 2 heterocycles. The first kappa shape index (κ1) is 10.1. The Morgan fingerprint density at radius 2 is 2.44 bits per heavy atom. The van der Waals surface area contributed by atoms with Crippen molar-refractivity contribution in [1.82, 2.24) is 9.78 Å². The zero-order valence-electron chi connectivity index (χ0n) is 9.13. The molecule has 1 aliphatic carbocycles. The maximum atomic E-state index is 10.1. The topological polar surface area (TPSA) is 38.0 Å². The molecule has 0 aliphatic heterocycles. The Bertz CT molecular complexity index is 489. The van der Waals surface area contributed by atoms with Gasteiger partial charge in [-0.3, -0.25) is 4.68 Å². The third-order valence-corrected chi connectivity index (χ3v) is 4.38. The van der Waals surface area contributed by atoms with Crippen molar-refractivity contribution < 1.29 is 5.11 Å². The van der Waals surface area contributed by atoms with Crippen molar-refractivity contribution in [3.8, 4) is 0 Å². The Hall–Kier alpha value is -1.13. The first-order valence-corrected chi connectivity index (χ1v) is 6.36. The lowest BCUT2D eigenvalue weighted by Crippen LogP contribution is -2.17. The number of thiophene rings is 1. The van der Waals surface area contributed by atoms with E-state index < -0.39 is 0 Å². The fraction of sp³-hybridized carbons (Fsp3) is 0.417. The lowest BCUT2D eigenvalue weighted by Gasteiger charge is -2.25. The molecule has 0 bridgehead atoms. The van der Waals surface area contributed by atoms with Crippen LogP contribution in [0.1, 0.15) is 34.6 Å². The fourth-order valence-corrected chi connectivity index (χ4v) is 3.31. The highest BCUT2D eigenvalue weighted by atomic mass is 32.1. The minimum atomic E-state index is -0.357. The number of rotatable bonds is 1. The quantitative estimate of drug-likeness (QED) is 0.821. The number of aliphatic hydroxyl groups is 1. The smallest absolute Gasteiger partial charge is 0.0829 e.